The first-order valence-electron chi connectivity index (χ1n) is 8.49. The smallest absolute Gasteiger partial charge is 0.232 e. The average Bonchev–Trinajstić information content (AvgIpc) is 2.55. The number of carbonyl (C=O) groups excluding carboxylic acids is 1. The molecule has 1 aromatic rings. The van der Waals surface area contributed by atoms with Crippen LogP contribution in [-0.2, 0) is 20.4 Å². The summed E-state index contributed by atoms with van der Waals surface area (Å²) in [5, 5.41) is -0.392. The Balaban J connectivity index is 1.84. The van der Waals surface area contributed by atoms with Gasteiger partial charge in [-0.1, -0.05) is 44.2 Å². The van der Waals surface area contributed by atoms with E-state index in [1.54, 1.807) is 16.7 Å². The molecule has 1 aliphatic rings. The monoisotopic (exact) mass is 369 g/mol. The summed E-state index contributed by atoms with van der Waals surface area (Å²) in [7, 11) is -3.11. The van der Waals surface area contributed by atoms with E-state index in [0.29, 0.717) is 25.3 Å². The van der Waals surface area contributed by atoms with Crippen LogP contribution in [0.1, 0.15) is 32.3 Å². The lowest BCUT2D eigenvalue weighted by Gasteiger charge is -2.32. The van der Waals surface area contributed by atoms with Gasteiger partial charge in [0.15, 0.2) is 9.84 Å². The molecule has 0 aromatic heterocycles. The van der Waals surface area contributed by atoms with Crippen LogP contribution < -0.4 is 0 Å². The van der Waals surface area contributed by atoms with Gasteiger partial charge in [-0.25, -0.2) is 8.42 Å². The first-order valence-corrected chi connectivity index (χ1v) is 11.4. The van der Waals surface area contributed by atoms with Crippen molar-refractivity contribution in [1.82, 2.24) is 4.90 Å². The zero-order chi connectivity index (χ0) is 17.6. The number of nitrogens with zero attached hydrogens (tertiary/aromatic N) is 1. The van der Waals surface area contributed by atoms with E-state index in [-0.39, 0.29) is 17.6 Å². The SMILES string of the molecule is CC(C)CS(=O)(=O)[C@H]1CCCN(C(=O)CSCc2ccccc2)C1. The van der Waals surface area contributed by atoms with Crippen LogP contribution in [0.4, 0.5) is 0 Å². The third kappa shape index (κ3) is 5.81. The quantitative estimate of drug-likeness (QED) is 0.741. The average molecular weight is 370 g/mol. The highest BCUT2D eigenvalue weighted by molar-refractivity contribution is 7.99. The second-order valence-corrected chi connectivity index (χ2v) is 10.1. The molecule has 0 N–H and O–H groups in total. The third-order valence-corrected chi connectivity index (χ3v) is 7.66. The number of rotatable bonds is 7. The largest absolute Gasteiger partial charge is 0.341 e. The van der Waals surface area contributed by atoms with Crippen LogP contribution in [0.5, 0.6) is 0 Å². The summed E-state index contributed by atoms with van der Waals surface area (Å²) in [6.45, 7) is 4.88. The fourth-order valence-corrected chi connectivity index (χ4v) is 6.00. The van der Waals surface area contributed by atoms with Crippen LogP contribution in [0.15, 0.2) is 30.3 Å². The Bertz CT molecular complexity index is 629. The Morgan fingerprint density at radius 1 is 1.29 bits per heavy atom. The fraction of sp³-hybridized carbons (Fsp3) is 0.611. The molecule has 1 fully saturated rings. The predicted molar refractivity (Wildman–Crippen MR) is 101 cm³/mol. The molecule has 134 valence electrons. The number of likely N-dealkylation sites (tertiary alicyclic amines) is 1. The van der Waals surface area contributed by atoms with Crippen molar-refractivity contribution < 1.29 is 13.2 Å². The summed E-state index contributed by atoms with van der Waals surface area (Å²) in [4.78, 5) is 14.1. The Morgan fingerprint density at radius 2 is 2.00 bits per heavy atom. The van der Waals surface area contributed by atoms with Crippen LogP contribution in [-0.4, -0.2) is 49.1 Å². The van der Waals surface area contributed by atoms with Gasteiger partial charge in [-0.2, -0.15) is 0 Å². The van der Waals surface area contributed by atoms with Crippen LogP contribution in [0.25, 0.3) is 0 Å². The van der Waals surface area contributed by atoms with Crippen molar-refractivity contribution >= 4 is 27.5 Å². The van der Waals surface area contributed by atoms with Gasteiger partial charge in [0.2, 0.25) is 5.91 Å². The maximum Gasteiger partial charge on any atom is 0.232 e. The Labute approximate surface area is 149 Å². The van der Waals surface area contributed by atoms with E-state index in [0.717, 1.165) is 12.2 Å². The van der Waals surface area contributed by atoms with E-state index in [4.69, 9.17) is 0 Å². The Kier molecular flexibility index (Phi) is 7.16. The van der Waals surface area contributed by atoms with Gasteiger partial charge in [0.05, 0.1) is 16.8 Å². The maximum absolute atomic E-state index is 12.4. The number of hydrogen-bond donors (Lipinski definition) is 0. The minimum Gasteiger partial charge on any atom is -0.341 e. The summed E-state index contributed by atoms with van der Waals surface area (Å²) in [6, 6.07) is 10.1. The highest BCUT2D eigenvalue weighted by Gasteiger charge is 2.32. The lowest BCUT2D eigenvalue weighted by atomic mass is 10.1. The second kappa shape index (κ2) is 8.90. The molecule has 1 aromatic carbocycles. The Morgan fingerprint density at radius 3 is 2.67 bits per heavy atom. The van der Waals surface area contributed by atoms with Crippen molar-refractivity contribution in [1.29, 1.82) is 0 Å². The van der Waals surface area contributed by atoms with Gasteiger partial charge in [0.25, 0.3) is 0 Å². The summed E-state index contributed by atoms with van der Waals surface area (Å²) in [5.74, 6) is 1.60. The van der Waals surface area contributed by atoms with Crippen molar-refractivity contribution in [2.45, 2.75) is 37.7 Å². The topological polar surface area (TPSA) is 54.5 Å². The standard InChI is InChI=1S/C18H27NO3S2/c1-15(2)14-24(21,22)17-9-6-10-19(11-17)18(20)13-23-12-16-7-4-3-5-8-16/h3-5,7-8,15,17H,6,9-14H2,1-2H3/t17-/m0/s1. The third-order valence-electron chi connectivity index (χ3n) is 4.14. The van der Waals surface area contributed by atoms with Crippen LogP contribution >= 0.6 is 11.8 Å². The normalized spacial score (nSPS) is 18.8. The summed E-state index contributed by atoms with van der Waals surface area (Å²) >= 11 is 1.59. The molecule has 1 aliphatic heterocycles. The molecular weight excluding hydrogens is 342 g/mol. The highest BCUT2D eigenvalue weighted by Crippen LogP contribution is 2.21. The number of benzene rings is 1. The van der Waals surface area contributed by atoms with Crippen LogP contribution in [0, 0.1) is 5.92 Å². The fourth-order valence-electron chi connectivity index (χ4n) is 2.98. The lowest BCUT2D eigenvalue weighted by molar-refractivity contribution is -0.129. The molecule has 4 nitrogen and oxygen atoms in total. The number of thioether (sulfide) groups is 1. The van der Waals surface area contributed by atoms with Crippen LogP contribution in [0.3, 0.4) is 0 Å². The zero-order valence-corrected chi connectivity index (χ0v) is 16.1. The minimum absolute atomic E-state index is 0.0559. The molecule has 2 rings (SSSR count). The predicted octanol–water partition coefficient (Wildman–Crippen LogP) is 2.98. The van der Waals surface area contributed by atoms with E-state index in [2.05, 4.69) is 0 Å². The number of piperidine rings is 1. The van der Waals surface area contributed by atoms with Crippen molar-refractivity contribution in [3.05, 3.63) is 35.9 Å². The van der Waals surface area contributed by atoms with Gasteiger partial charge in [-0.3, -0.25) is 4.79 Å². The molecule has 1 amide bonds. The molecule has 1 heterocycles. The maximum atomic E-state index is 12.4. The summed E-state index contributed by atoms with van der Waals surface area (Å²) in [5.41, 5.74) is 1.20. The lowest BCUT2D eigenvalue weighted by Crippen LogP contribution is -2.46. The molecular formula is C18H27NO3S2. The van der Waals surface area contributed by atoms with Gasteiger partial charge < -0.3 is 4.90 Å². The van der Waals surface area contributed by atoms with Crippen LogP contribution in [0.2, 0.25) is 0 Å². The van der Waals surface area contributed by atoms with Crippen molar-refractivity contribution in [2.75, 3.05) is 24.6 Å². The first-order chi connectivity index (χ1) is 11.4. The van der Waals surface area contributed by atoms with Gasteiger partial charge in [-0.05, 0) is 24.3 Å². The van der Waals surface area contributed by atoms with Crippen molar-refractivity contribution in [3.63, 3.8) is 0 Å². The van der Waals surface area contributed by atoms with E-state index >= 15 is 0 Å². The van der Waals surface area contributed by atoms with Gasteiger partial charge in [0.1, 0.15) is 0 Å². The molecule has 0 radical (unpaired) electrons. The molecule has 1 saturated heterocycles. The first kappa shape index (κ1) is 19.3. The second-order valence-electron chi connectivity index (χ2n) is 6.81. The van der Waals surface area contributed by atoms with E-state index < -0.39 is 15.1 Å². The summed E-state index contributed by atoms with van der Waals surface area (Å²) < 4.78 is 24.8. The summed E-state index contributed by atoms with van der Waals surface area (Å²) in [6.07, 6.45) is 1.45. The molecule has 0 saturated carbocycles. The molecule has 6 heteroatoms. The van der Waals surface area contributed by atoms with Gasteiger partial charge in [0, 0.05) is 18.8 Å². The van der Waals surface area contributed by atoms with Gasteiger partial charge in [-0.15, -0.1) is 11.8 Å². The molecule has 0 unspecified atom stereocenters. The molecule has 0 bridgehead atoms. The van der Waals surface area contributed by atoms with Crippen molar-refractivity contribution in [3.8, 4) is 0 Å². The molecule has 1 atom stereocenters. The number of amides is 1. The molecule has 24 heavy (non-hydrogen) atoms. The minimum atomic E-state index is -3.11. The van der Waals surface area contributed by atoms with E-state index in [1.807, 2.05) is 44.2 Å². The number of hydrogen-bond acceptors (Lipinski definition) is 4. The number of sulfone groups is 1. The molecule has 0 spiro atoms. The van der Waals surface area contributed by atoms with E-state index in [1.165, 1.54) is 5.56 Å². The number of carbonyl (C=O) groups is 1. The van der Waals surface area contributed by atoms with E-state index in [9.17, 15) is 13.2 Å². The Hall–Kier alpha value is -1.01. The van der Waals surface area contributed by atoms with Crippen molar-refractivity contribution in [2.24, 2.45) is 5.92 Å². The molecule has 0 aliphatic carbocycles. The highest BCUT2D eigenvalue weighted by atomic mass is 32.2. The zero-order valence-electron chi connectivity index (χ0n) is 14.5. The van der Waals surface area contributed by atoms with Gasteiger partial charge >= 0.3 is 0 Å².